The van der Waals surface area contributed by atoms with Gasteiger partial charge in [0.2, 0.25) is 0 Å². The Morgan fingerprint density at radius 1 is 0.511 bits per heavy atom. The number of rotatable bonds is 34. The van der Waals surface area contributed by atoms with E-state index >= 15 is 0 Å². The van der Waals surface area contributed by atoms with Crippen LogP contribution in [0.4, 0.5) is 0 Å². The zero-order chi connectivity index (χ0) is 32.9. The average Bonchev–Trinajstić information content (AvgIpc) is 3.04. The first-order valence-electron chi connectivity index (χ1n) is 19.0. The number of hydrogen-bond acceptors (Lipinski definition) is 5. The van der Waals surface area contributed by atoms with E-state index in [0.717, 1.165) is 51.4 Å². The minimum Gasteiger partial charge on any atom is -0.462 e. The lowest BCUT2D eigenvalue weighted by molar-refractivity contribution is -0.161. The molecule has 1 atom stereocenters. The Balaban J connectivity index is 3.56. The summed E-state index contributed by atoms with van der Waals surface area (Å²) in [5.41, 5.74) is 0. The molecule has 0 radical (unpaired) electrons. The lowest BCUT2D eigenvalue weighted by Gasteiger charge is -2.15. The summed E-state index contributed by atoms with van der Waals surface area (Å²) in [6.07, 6.45) is 43.4. The Morgan fingerprint density at radius 2 is 0.889 bits per heavy atom. The van der Waals surface area contributed by atoms with Crippen LogP contribution in [-0.2, 0) is 19.1 Å². The zero-order valence-corrected chi connectivity index (χ0v) is 29.6. The van der Waals surface area contributed by atoms with Crippen LogP contribution in [0.3, 0.4) is 0 Å². The minimum absolute atomic E-state index is 0.0709. The number of allylic oxidation sites excluding steroid dienone is 6. The predicted octanol–water partition coefficient (Wildman–Crippen LogP) is 11.7. The Hall–Kier alpha value is -1.88. The van der Waals surface area contributed by atoms with Crippen molar-refractivity contribution in [2.24, 2.45) is 0 Å². The molecule has 0 fully saturated rings. The van der Waals surface area contributed by atoms with E-state index in [1.165, 1.54) is 109 Å². The highest BCUT2D eigenvalue weighted by Crippen LogP contribution is 2.13. The summed E-state index contributed by atoms with van der Waals surface area (Å²) in [4.78, 5) is 24.2. The second-order valence-corrected chi connectivity index (χ2v) is 12.6. The fourth-order valence-electron chi connectivity index (χ4n) is 5.22. The van der Waals surface area contributed by atoms with Gasteiger partial charge in [0.15, 0.2) is 6.10 Å². The van der Waals surface area contributed by atoms with Crippen LogP contribution in [0.15, 0.2) is 36.5 Å². The normalized spacial score (nSPS) is 12.5. The van der Waals surface area contributed by atoms with Gasteiger partial charge in [-0.25, -0.2) is 0 Å². The fraction of sp³-hybridized carbons (Fsp3) is 0.800. The molecule has 0 heterocycles. The smallest absolute Gasteiger partial charge is 0.306 e. The van der Waals surface area contributed by atoms with Crippen molar-refractivity contribution in [3.8, 4) is 0 Å². The molecule has 0 rings (SSSR count). The van der Waals surface area contributed by atoms with Crippen LogP contribution in [0.2, 0.25) is 0 Å². The number of hydrogen-bond donors (Lipinski definition) is 1. The molecule has 0 spiro atoms. The quantitative estimate of drug-likeness (QED) is 0.0434. The maximum Gasteiger partial charge on any atom is 0.306 e. The first-order chi connectivity index (χ1) is 22.1. The van der Waals surface area contributed by atoms with Gasteiger partial charge in [-0.15, -0.1) is 0 Å². The van der Waals surface area contributed by atoms with Crippen molar-refractivity contribution in [2.45, 2.75) is 193 Å². The van der Waals surface area contributed by atoms with Crippen LogP contribution >= 0.6 is 0 Å². The van der Waals surface area contributed by atoms with Gasteiger partial charge in [-0.1, -0.05) is 140 Å². The maximum atomic E-state index is 12.2. The molecular weight excluding hydrogens is 560 g/mol. The second kappa shape index (κ2) is 36.6. The molecule has 0 aromatic rings. The number of aliphatic hydroxyl groups excluding tert-OH is 1. The molecule has 0 saturated carbocycles. The molecule has 0 aromatic carbocycles. The molecule has 1 unspecified atom stereocenters. The van der Waals surface area contributed by atoms with Crippen molar-refractivity contribution >= 4 is 11.9 Å². The molecule has 0 bridgehead atoms. The van der Waals surface area contributed by atoms with E-state index in [0.29, 0.717) is 12.8 Å². The molecule has 0 aromatic heterocycles. The third kappa shape index (κ3) is 34.8. The number of unbranched alkanes of at least 4 members (excludes halogenated alkanes) is 20. The summed E-state index contributed by atoms with van der Waals surface area (Å²) >= 11 is 0. The SMILES string of the molecule is CCCCC/C=C\C/C=C\CCCCCCCCCCCC(=O)OC(CO)COC(=O)CCCCCCC/C=C\CCCCC. The molecule has 45 heavy (non-hydrogen) atoms. The standard InChI is InChI=1S/C40H72O5/c1-3-5-7-9-11-13-15-17-18-19-20-21-22-23-25-27-29-31-33-35-40(43)45-38(36-41)37-44-39(42)34-32-30-28-26-24-16-14-12-10-8-6-4-2/h11-14,17-18,38,41H,3-10,15-16,19-37H2,1-2H3/b13-11-,14-12-,18-17-. The molecule has 0 amide bonds. The van der Waals surface area contributed by atoms with Crippen LogP contribution in [0.5, 0.6) is 0 Å². The highest BCUT2D eigenvalue weighted by Gasteiger charge is 2.16. The predicted molar refractivity (Wildman–Crippen MR) is 191 cm³/mol. The van der Waals surface area contributed by atoms with Crippen LogP contribution in [0.25, 0.3) is 0 Å². The third-order valence-corrected chi connectivity index (χ3v) is 8.16. The van der Waals surface area contributed by atoms with Crippen molar-refractivity contribution in [3.05, 3.63) is 36.5 Å². The Kier molecular flexibility index (Phi) is 35.1. The summed E-state index contributed by atoms with van der Waals surface area (Å²) in [5, 5.41) is 9.53. The van der Waals surface area contributed by atoms with Gasteiger partial charge in [-0.2, -0.15) is 0 Å². The van der Waals surface area contributed by atoms with Crippen molar-refractivity contribution < 1.29 is 24.2 Å². The van der Waals surface area contributed by atoms with Gasteiger partial charge < -0.3 is 14.6 Å². The van der Waals surface area contributed by atoms with Gasteiger partial charge in [-0.3, -0.25) is 9.59 Å². The summed E-state index contributed by atoms with van der Waals surface area (Å²) in [6, 6.07) is 0. The average molecular weight is 633 g/mol. The molecule has 5 nitrogen and oxygen atoms in total. The van der Waals surface area contributed by atoms with Crippen LogP contribution < -0.4 is 0 Å². The Morgan fingerprint density at radius 3 is 1.33 bits per heavy atom. The molecule has 262 valence electrons. The van der Waals surface area contributed by atoms with E-state index in [2.05, 4.69) is 50.3 Å². The summed E-state index contributed by atoms with van der Waals surface area (Å²) in [5.74, 6) is -0.606. The van der Waals surface area contributed by atoms with Gasteiger partial charge in [0.25, 0.3) is 0 Å². The van der Waals surface area contributed by atoms with E-state index in [-0.39, 0.29) is 25.2 Å². The molecule has 0 aliphatic carbocycles. The molecule has 0 aliphatic rings. The maximum absolute atomic E-state index is 12.2. The first-order valence-corrected chi connectivity index (χ1v) is 19.0. The topological polar surface area (TPSA) is 72.8 Å². The number of aliphatic hydroxyl groups is 1. The van der Waals surface area contributed by atoms with Crippen molar-refractivity contribution in [1.82, 2.24) is 0 Å². The third-order valence-electron chi connectivity index (χ3n) is 8.16. The number of ether oxygens (including phenoxy) is 2. The largest absolute Gasteiger partial charge is 0.462 e. The lowest BCUT2D eigenvalue weighted by Crippen LogP contribution is -2.28. The summed E-state index contributed by atoms with van der Waals surface area (Å²) in [7, 11) is 0. The van der Waals surface area contributed by atoms with E-state index in [9.17, 15) is 14.7 Å². The summed E-state index contributed by atoms with van der Waals surface area (Å²) in [6.45, 7) is 4.07. The lowest BCUT2D eigenvalue weighted by atomic mass is 10.1. The van der Waals surface area contributed by atoms with Crippen LogP contribution in [0, 0.1) is 0 Å². The van der Waals surface area contributed by atoms with Crippen LogP contribution in [-0.4, -0.2) is 36.4 Å². The highest BCUT2D eigenvalue weighted by atomic mass is 16.6. The van der Waals surface area contributed by atoms with Gasteiger partial charge in [0.05, 0.1) is 6.61 Å². The number of esters is 2. The second-order valence-electron chi connectivity index (χ2n) is 12.6. The van der Waals surface area contributed by atoms with E-state index in [1.807, 2.05) is 0 Å². The molecule has 5 heteroatoms. The van der Waals surface area contributed by atoms with Crippen molar-refractivity contribution in [2.75, 3.05) is 13.2 Å². The number of carbonyl (C=O) groups is 2. The Bertz CT molecular complexity index is 726. The van der Waals surface area contributed by atoms with Gasteiger partial charge in [0.1, 0.15) is 6.61 Å². The Labute approximate surface area is 278 Å². The zero-order valence-electron chi connectivity index (χ0n) is 29.6. The van der Waals surface area contributed by atoms with Crippen molar-refractivity contribution in [1.29, 1.82) is 0 Å². The van der Waals surface area contributed by atoms with Crippen LogP contribution in [0.1, 0.15) is 187 Å². The number of carbonyl (C=O) groups excluding carboxylic acids is 2. The van der Waals surface area contributed by atoms with E-state index in [1.54, 1.807) is 0 Å². The van der Waals surface area contributed by atoms with Gasteiger partial charge >= 0.3 is 11.9 Å². The van der Waals surface area contributed by atoms with E-state index < -0.39 is 6.10 Å². The highest BCUT2D eigenvalue weighted by molar-refractivity contribution is 5.70. The molecular formula is C40H72O5. The fourth-order valence-corrected chi connectivity index (χ4v) is 5.22. The monoisotopic (exact) mass is 633 g/mol. The summed E-state index contributed by atoms with van der Waals surface area (Å²) < 4.78 is 10.6. The molecule has 1 N–H and O–H groups in total. The van der Waals surface area contributed by atoms with Crippen molar-refractivity contribution in [3.63, 3.8) is 0 Å². The van der Waals surface area contributed by atoms with E-state index in [4.69, 9.17) is 9.47 Å². The first kappa shape index (κ1) is 43.1. The molecule has 0 saturated heterocycles. The molecule has 0 aliphatic heterocycles. The van der Waals surface area contributed by atoms with Gasteiger partial charge in [-0.05, 0) is 70.6 Å². The minimum atomic E-state index is -0.774. The van der Waals surface area contributed by atoms with Gasteiger partial charge in [0, 0.05) is 12.8 Å².